The lowest BCUT2D eigenvalue weighted by atomic mass is 9.61. The summed E-state index contributed by atoms with van der Waals surface area (Å²) < 4.78 is 89.5. The summed E-state index contributed by atoms with van der Waals surface area (Å²) in [6, 6.07) is 10.9. The van der Waals surface area contributed by atoms with E-state index in [9.17, 15) is 26.3 Å². The maximum atomic E-state index is 14.9. The van der Waals surface area contributed by atoms with E-state index in [1.807, 2.05) is 0 Å². The molecule has 0 aliphatic heterocycles. The third-order valence-electron chi connectivity index (χ3n) is 6.36. The molecule has 0 aromatic heterocycles. The highest BCUT2D eigenvalue weighted by Gasteiger charge is 2.75. The summed E-state index contributed by atoms with van der Waals surface area (Å²) in [4.78, 5) is 4.11. The van der Waals surface area contributed by atoms with Gasteiger partial charge >= 0.3 is 12.4 Å². The van der Waals surface area contributed by atoms with Gasteiger partial charge in [0.25, 0.3) is 0 Å². The van der Waals surface area contributed by atoms with Crippen molar-refractivity contribution in [3.63, 3.8) is 0 Å². The van der Waals surface area contributed by atoms with Crippen molar-refractivity contribution in [3.05, 3.63) is 94.1 Å². The van der Waals surface area contributed by atoms with Crippen molar-refractivity contribution >= 4 is 17.0 Å². The van der Waals surface area contributed by atoms with E-state index in [1.54, 1.807) is 45.0 Å². The van der Waals surface area contributed by atoms with Gasteiger partial charge in [-0.05, 0) is 84.0 Å². The zero-order chi connectivity index (χ0) is 25.6. The molecule has 35 heavy (non-hydrogen) atoms. The van der Waals surface area contributed by atoms with Crippen LogP contribution >= 0.6 is 0 Å². The number of benzene rings is 2. The smallest absolute Gasteiger partial charge is 0.385 e. The lowest BCUT2D eigenvalue weighted by Crippen LogP contribution is -2.57. The second-order valence-electron chi connectivity index (χ2n) is 8.43. The molecule has 0 amide bonds. The number of allylic oxidation sites excluding steroid dienone is 5. The van der Waals surface area contributed by atoms with Crippen LogP contribution in [0.4, 0.5) is 32.0 Å². The average molecular weight is 490 g/mol. The Kier molecular flexibility index (Phi) is 6.19. The molecular weight excluding hydrogens is 466 g/mol. The van der Waals surface area contributed by atoms with Gasteiger partial charge in [-0.25, -0.2) is 0 Å². The van der Waals surface area contributed by atoms with E-state index < -0.39 is 28.9 Å². The van der Waals surface area contributed by atoms with Gasteiger partial charge in [-0.15, -0.1) is 0 Å². The van der Waals surface area contributed by atoms with E-state index in [2.05, 4.69) is 10.3 Å². The molecule has 0 fully saturated rings. The first-order valence-corrected chi connectivity index (χ1v) is 11.2. The first-order chi connectivity index (χ1) is 16.5. The molecule has 0 saturated heterocycles. The standard InChI is InChI=1S/C27H24F6N2/c1-4-34-17-10-12-20-22(14-17)25(26(28,29)30,27(31,32)33)23-15-18(35-5-2)11-13-21(23)24(20)19-9-7-6-8-16(19)3/h6-15,34H,4-5H2,1-3H3. The second kappa shape index (κ2) is 8.73. The van der Waals surface area contributed by atoms with Crippen molar-refractivity contribution in [3.8, 4) is 0 Å². The van der Waals surface area contributed by atoms with Crippen LogP contribution in [0.2, 0.25) is 0 Å². The van der Waals surface area contributed by atoms with Gasteiger partial charge in [-0.2, -0.15) is 26.3 Å². The fraction of sp³-hybridized carbons (Fsp3) is 0.296. The Morgan fingerprint density at radius 3 is 2.17 bits per heavy atom. The van der Waals surface area contributed by atoms with Crippen LogP contribution in [0.1, 0.15) is 36.1 Å². The number of aryl methyl sites for hydroxylation is 1. The van der Waals surface area contributed by atoms with Gasteiger partial charge < -0.3 is 5.32 Å². The molecule has 8 heteroatoms. The summed E-state index contributed by atoms with van der Waals surface area (Å²) in [6.45, 7) is 5.74. The summed E-state index contributed by atoms with van der Waals surface area (Å²) >= 11 is 0. The van der Waals surface area contributed by atoms with Gasteiger partial charge in [0, 0.05) is 18.8 Å². The minimum absolute atomic E-state index is 0.0690. The van der Waals surface area contributed by atoms with Gasteiger partial charge in [0.1, 0.15) is 0 Å². The van der Waals surface area contributed by atoms with Gasteiger partial charge in [0.2, 0.25) is 5.41 Å². The van der Waals surface area contributed by atoms with Gasteiger partial charge in [0.05, 0.1) is 5.71 Å². The number of hydrogen-bond donors (Lipinski definition) is 1. The lowest BCUT2D eigenvalue weighted by Gasteiger charge is -2.45. The van der Waals surface area contributed by atoms with Crippen LogP contribution in [0.15, 0.2) is 76.8 Å². The Morgan fingerprint density at radius 2 is 1.57 bits per heavy atom. The van der Waals surface area contributed by atoms with Crippen LogP contribution in [0.5, 0.6) is 0 Å². The molecule has 0 bridgehead atoms. The van der Waals surface area contributed by atoms with E-state index in [0.717, 1.165) is 17.7 Å². The Labute approximate surface area is 199 Å². The second-order valence-corrected chi connectivity index (χ2v) is 8.43. The number of anilines is 1. The average Bonchev–Trinajstić information content (AvgIpc) is 2.76. The van der Waals surface area contributed by atoms with Crippen LogP contribution in [0, 0.1) is 6.92 Å². The zero-order valence-corrected chi connectivity index (χ0v) is 19.4. The molecule has 2 aliphatic rings. The Hall–Kier alpha value is -3.29. The normalized spacial score (nSPS) is 18.3. The lowest BCUT2D eigenvalue weighted by molar-refractivity contribution is -0.289. The zero-order valence-electron chi connectivity index (χ0n) is 19.4. The molecule has 0 atom stereocenters. The van der Waals surface area contributed by atoms with Gasteiger partial charge in [0.15, 0.2) is 0 Å². The van der Waals surface area contributed by atoms with Crippen molar-refractivity contribution in [1.29, 1.82) is 0 Å². The van der Waals surface area contributed by atoms with Crippen LogP contribution in [-0.2, 0) is 5.41 Å². The minimum atomic E-state index is -5.66. The van der Waals surface area contributed by atoms with Gasteiger partial charge in [-0.1, -0.05) is 36.4 Å². The van der Waals surface area contributed by atoms with Crippen LogP contribution < -0.4 is 5.32 Å². The molecule has 2 nitrogen and oxygen atoms in total. The number of aliphatic imine (C=N–C) groups is 1. The Bertz CT molecular complexity index is 1260. The first kappa shape index (κ1) is 24.8. The van der Waals surface area contributed by atoms with E-state index in [0.29, 0.717) is 17.7 Å². The summed E-state index contributed by atoms with van der Waals surface area (Å²) in [5.41, 5.74) is -4.21. The fourth-order valence-electron chi connectivity index (χ4n) is 4.93. The molecule has 0 saturated carbocycles. The molecule has 2 aliphatic carbocycles. The van der Waals surface area contributed by atoms with E-state index in [4.69, 9.17) is 0 Å². The van der Waals surface area contributed by atoms with Crippen LogP contribution in [0.3, 0.4) is 0 Å². The summed E-state index contributed by atoms with van der Waals surface area (Å²) in [5.74, 6) is 0. The number of alkyl halides is 6. The monoisotopic (exact) mass is 490 g/mol. The predicted molar refractivity (Wildman–Crippen MR) is 127 cm³/mol. The summed E-state index contributed by atoms with van der Waals surface area (Å²) in [7, 11) is 0. The third kappa shape index (κ3) is 3.79. The maximum Gasteiger partial charge on any atom is 0.411 e. The van der Waals surface area contributed by atoms with E-state index in [1.165, 1.54) is 24.3 Å². The van der Waals surface area contributed by atoms with Crippen molar-refractivity contribution in [2.75, 3.05) is 18.4 Å². The van der Waals surface area contributed by atoms with Crippen LogP contribution in [0.25, 0.3) is 5.57 Å². The minimum Gasteiger partial charge on any atom is -0.385 e. The molecule has 1 N–H and O–H groups in total. The van der Waals surface area contributed by atoms with E-state index >= 15 is 0 Å². The largest absolute Gasteiger partial charge is 0.411 e. The molecule has 184 valence electrons. The Balaban J connectivity index is 2.24. The molecule has 0 unspecified atom stereocenters. The SMILES string of the molecule is CCN=C1C=CC2=C(c3ccccc3C)c3ccc(NCC)cc3C(C(F)(F)F)(C(F)(F)F)C2=C1. The number of halogens is 6. The molecular formula is C27H24F6N2. The Morgan fingerprint density at radius 1 is 0.886 bits per heavy atom. The van der Waals surface area contributed by atoms with Gasteiger partial charge in [-0.3, -0.25) is 4.99 Å². The van der Waals surface area contributed by atoms with Crippen molar-refractivity contribution in [1.82, 2.24) is 0 Å². The highest BCUT2D eigenvalue weighted by Crippen LogP contribution is 2.63. The maximum absolute atomic E-state index is 14.9. The summed E-state index contributed by atoms with van der Waals surface area (Å²) in [5, 5.41) is 2.86. The molecule has 0 heterocycles. The number of hydrogen-bond acceptors (Lipinski definition) is 2. The third-order valence-corrected chi connectivity index (χ3v) is 6.36. The number of fused-ring (bicyclic) bond motifs is 2. The quantitative estimate of drug-likeness (QED) is 0.440. The molecule has 2 aromatic rings. The predicted octanol–water partition coefficient (Wildman–Crippen LogP) is 7.56. The molecule has 0 radical (unpaired) electrons. The highest BCUT2D eigenvalue weighted by molar-refractivity contribution is 6.09. The number of nitrogens with one attached hydrogen (secondary N) is 1. The van der Waals surface area contributed by atoms with E-state index in [-0.39, 0.29) is 29.1 Å². The highest BCUT2D eigenvalue weighted by atomic mass is 19.4. The van der Waals surface area contributed by atoms with Crippen molar-refractivity contribution in [2.45, 2.75) is 38.5 Å². The molecule has 0 spiro atoms. The fourth-order valence-corrected chi connectivity index (χ4v) is 4.93. The molecule has 4 rings (SSSR count). The first-order valence-electron chi connectivity index (χ1n) is 11.2. The van der Waals surface area contributed by atoms with Crippen molar-refractivity contribution in [2.24, 2.45) is 4.99 Å². The topological polar surface area (TPSA) is 24.4 Å². The number of nitrogens with zero attached hydrogens (tertiary/aromatic N) is 1. The summed E-state index contributed by atoms with van der Waals surface area (Å²) in [6.07, 6.45) is -7.58. The van der Waals surface area contributed by atoms with Crippen LogP contribution in [-0.4, -0.2) is 31.2 Å². The number of rotatable bonds is 4. The molecule has 2 aromatic carbocycles. The van der Waals surface area contributed by atoms with Crippen molar-refractivity contribution < 1.29 is 26.3 Å².